The van der Waals surface area contributed by atoms with Crippen LogP contribution in [0.15, 0.2) is 18.3 Å². The summed E-state index contributed by atoms with van der Waals surface area (Å²) < 4.78 is 0. The number of fused-ring (bicyclic) bond motifs is 1. The van der Waals surface area contributed by atoms with Gasteiger partial charge >= 0.3 is 0 Å². The van der Waals surface area contributed by atoms with Crippen molar-refractivity contribution in [3.63, 3.8) is 0 Å². The third-order valence-electron chi connectivity index (χ3n) is 2.94. The Morgan fingerprint density at radius 1 is 1.42 bits per heavy atom. The highest BCUT2D eigenvalue weighted by atomic mass is 32.1. The molecule has 0 radical (unpaired) electrons. The lowest BCUT2D eigenvalue weighted by atomic mass is 10.2. The number of hydrogen-bond donors (Lipinski definition) is 1. The Morgan fingerprint density at radius 3 is 3.00 bits per heavy atom. The normalized spacial score (nSPS) is 12.8. The SMILES string of the molecule is N#Cc1ccc(C(=O)Nc2nc3c(s2)CCC3)nc1. The topological polar surface area (TPSA) is 78.7 Å². The van der Waals surface area contributed by atoms with Gasteiger partial charge in [0.05, 0.1) is 11.3 Å². The minimum absolute atomic E-state index is 0.286. The molecule has 0 bridgehead atoms. The summed E-state index contributed by atoms with van der Waals surface area (Å²) in [5.41, 5.74) is 1.83. The van der Waals surface area contributed by atoms with Crippen molar-refractivity contribution in [1.29, 1.82) is 5.26 Å². The summed E-state index contributed by atoms with van der Waals surface area (Å²) in [5, 5.41) is 12.0. The minimum Gasteiger partial charge on any atom is -0.296 e. The smallest absolute Gasteiger partial charge is 0.276 e. The molecule has 94 valence electrons. The Morgan fingerprint density at radius 2 is 2.32 bits per heavy atom. The van der Waals surface area contributed by atoms with E-state index in [0.717, 1.165) is 25.0 Å². The molecule has 5 nitrogen and oxygen atoms in total. The van der Waals surface area contributed by atoms with Crippen molar-refractivity contribution in [2.75, 3.05) is 5.32 Å². The van der Waals surface area contributed by atoms with Crippen LogP contribution in [0.1, 0.15) is 33.0 Å². The Balaban J connectivity index is 1.75. The maximum absolute atomic E-state index is 12.0. The maximum atomic E-state index is 12.0. The van der Waals surface area contributed by atoms with Gasteiger partial charge in [0.25, 0.3) is 5.91 Å². The van der Waals surface area contributed by atoms with E-state index < -0.39 is 0 Å². The van der Waals surface area contributed by atoms with Crippen molar-refractivity contribution in [3.8, 4) is 6.07 Å². The summed E-state index contributed by atoms with van der Waals surface area (Å²) in [4.78, 5) is 21.6. The molecular weight excluding hydrogens is 260 g/mol. The van der Waals surface area contributed by atoms with E-state index in [2.05, 4.69) is 15.3 Å². The van der Waals surface area contributed by atoms with E-state index in [9.17, 15) is 4.79 Å². The number of amides is 1. The first-order valence-corrected chi connectivity index (χ1v) is 6.74. The summed E-state index contributed by atoms with van der Waals surface area (Å²) in [5.74, 6) is -0.295. The Kier molecular flexibility index (Phi) is 2.97. The molecule has 19 heavy (non-hydrogen) atoms. The van der Waals surface area contributed by atoms with Crippen molar-refractivity contribution in [1.82, 2.24) is 9.97 Å². The fourth-order valence-electron chi connectivity index (χ4n) is 2.00. The van der Waals surface area contributed by atoms with Crippen molar-refractivity contribution in [2.45, 2.75) is 19.3 Å². The van der Waals surface area contributed by atoms with Crippen LogP contribution in [0.3, 0.4) is 0 Å². The highest BCUT2D eigenvalue weighted by Crippen LogP contribution is 2.30. The van der Waals surface area contributed by atoms with Crippen LogP contribution >= 0.6 is 11.3 Å². The largest absolute Gasteiger partial charge is 0.296 e. The Hall–Kier alpha value is -2.26. The number of hydrogen-bond acceptors (Lipinski definition) is 5. The van der Waals surface area contributed by atoms with Gasteiger partial charge in [-0.05, 0) is 31.4 Å². The molecule has 0 saturated heterocycles. The molecule has 1 N–H and O–H groups in total. The summed E-state index contributed by atoms with van der Waals surface area (Å²) in [6, 6.07) is 5.07. The highest BCUT2D eigenvalue weighted by Gasteiger charge is 2.18. The molecule has 1 amide bonds. The summed E-state index contributed by atoms with van der Waals surface area (Å²) >= 11 is 1.53. The first kappa shape index (κ1) is 11.8. The number of aryl methyl sites for hydroxylation is 2. The van der Waals surface area contributed by atoms with Crippen LogP contribution in [0.25, 0.3) is 0 Å². The number of anilines is 1. The molecule has 0 unspecified atom stereocenters. The Labute approximate surface area is 113 Å². The minimum atomic E-state index is -0.295. The van der Waals surface area contributed by atoms with Crippen LogP contribution in [0, 0.1) is 11.3 Å². The zero-order valence-corrected chi connectivity index (χ0v) is 10.8. The van der Waals surface area contributed by atoms with Crippen LogP contribution in [-0.2, 0) is 12.8 Å². The molecule has 1 aliphatic rings. The molecule has 2 aromatic rings. The summed E-state index contributed by atoms with van der Waals surface area (Å²) in [6.07, 6.45) is 4.59. The molecule has 0 saturated carbocycles. The van der Waals surface area contributed by atoms with Gasteiger partial charge in [-0.25, -0.2) is 9.97 Å². The molecule has 2 aromatic heterocycles. The van der Waals surface area contributed by atoms with Gasteiger partial charge in [0.1, 0.15) is 11.8 Å². The van der Waals surface area contributed by atoms with Crippen LogP contribution in [0.4, 0.5) is 5.13 Å². The predicted molar refractivity (Wildman–Crippen MR) is 71.0 cm³/mol. The molecule has 0 fully saturated rings. The monoisotopic (exact) mass is 270 g/mol. The van der Waals surface area contributed by atoms with E-state index in [4.69, 9.17) is 5.26 Å². The fraction of sp³-hybridized carbons (Fsp3) is 0.231. The zero-order chi connectivity index (χ0) is 13.2. The fourth-order valence-corrected chi connectivity index (χ4v) is 3.04. The van der Waals surface area contributed by atoms with E-state index in [0.29, 0.717) is 10.7 Å². The van der Waals surface area contributed by atoms with E-state index in [1.165, 1.54) is 28.5 Å². The number of nitrogens with one attached hydrogen (secondary N) is 1. The quantitative estimate of drug-likeness (QED) is 0.906. The number of rotatable bonds is 2. The molecule has 0 spiro atoms. The summed E-state index contributed by atoms with van der Waals surface area (Å²) in [7, 11) is 0. The molecular formula is C13H10N4OS. The second-order valence-corrected chi connectivity index (χ2v) is 5.32. The van der Waals surface area contributed by atoms with Gasteiger partial charge in [-0.15, -0.1) is 11.3 Å². The molecule has 1 aliphatic carbocycles. The molecule has 6 heteroatoms. The predicted octanol–water partition coefficient (Wildman–Crippen LogP) is 2.15. The lowest BCUT2D eigenvalue weighted by Crippen LogP contribution is -2.13. The van der Waals surface area contributed by atoms with Crippen LogP contribution < -0.4 is 5.32 Å². The van der Waals surface area contributed by atoms with Gasteiger partial charge in [-0.2, -0.15) is 5.26 Å². The number of thiazole rings is 1. The Bertz CT molecular complexity index is 647. The number of nitriles is 1. The number of carbonyl (C=O) groups is 1. The van der Waals surface area contributed by atoms with E-state index >= 15 is 0 Å². The van der Waals surface area contributed by atoms with E-state index in [1.807, 2.05) is 6.07 Å². The second kappa shape index (κ2) is 4.78. The molecule has 3 rings (SSSR count). The van der Waals surface area contributed by atoms with Gasteiger partial charge in [0, 0.05) is 11.1 Å². The molecule has 0 atom stereocenters. The van der Waals surface area contributed by atoms with Gasteiger partial charge in [-0.1, -0.05) is 0 Å². The van der Waals surface area contributed by atoms with Crippen LogP contribution in [0.5, 0.6) is 0 Å². The average molecular weight is 270 g/mol. The van der Waals surface area contributed by atoms with Gasteiger partial charge in [-0.3, -0.25) is 10.1 Å². The third kappa shape index (κ3) is 2.33. The number of carbonyl (C=O) groups excluding carboxylic acids is 1. The van der Waals surface area contributed by atoms with E-state index in [1.54, 1.807) is 6.07 Å². The van der Waals surface area contributed by atoms with Gasteiger partial charge < -0.3 is 0 Å². The standard InChI is InChI=1S/C13H10N4OS/c14-6-8-4-5-10(15-7-8)12(18)17-13-16-9-2-1-3-11(9)19-13/h4-5,7H,1-3H2,(H,16,17,18). The lowest BCUT2D eigenvalue weighted by Gasteiger charge is -2.00. The van der Waals surface area contributed by atoms with Gasteiger partial charge in [0.15, 0.2) is 5.13 Å². The van der Waals surface area contributed by atoms with Crippen LogP contribution in [0.2, 0.25) is 0 Å². The molecule has 0 aliphatic heterocycles. The number of aromatic nitrogens is 2. The van der Waals surface area contributed by atoms with Gasteiger partial charge in [0.2, 0.25) is 0 Å². The molecule has 2 heterocycles. The first-order chi connectivity index (χ1) is 9.26. The van der Waals surface area contributed by atoms with Crippen molar-refractivity contribution in [2.24, 2.45) is 0 Å². The van der Waals surface area contributed by atoms with Crippen molar-refractivity contribution >= 4 is 22.4 Å². The zero-order valence-electron chi connectivity index (χ0n) is 10.0. The maximum Gasteiger partial charge on any atom is 0.276 e. The van der Waals surface area contributed by atoms with E-state index in [-0.39, 0.29) is 11.6 Å². The van der Waals surface area contributed by atoms with Crippen molar-refractivity contribution in [3.05, 3.63) is 40.2 Å². The van der Waals surface area contributed by atoms with Crippen molar-refractivity contribution < 1.29 is 4.79 Å². The third-order valence-corrected chi connectivity index (χ3v) is 4.01. The second-order valence-electron chi connectivity index (χ2n) is 4.24. The number of pyridine rings is 1. The summed E-state index contributed by atoms with van der Waals surface area (Å²) in [6.45, 7) is 0. The molecule has 0 aromatic carbocycles. The first-order valence-electron chi connectivity index (χ1n) is 5.92. The number of nitrogens with zero attached hydrogens (tertiary/aromatic N) is 3. The van der Waals surface area contributed by atoms with Crippen LogP contribution in [-0.4, -0.2) is 15.9 Å². The highest BCUT2D eigenvalue weighted by molar-refractivity contribution is 7.15. The average Bonchev–Trinajstić information content (AvgIpc) is 2.99. The lowest BCUT2D eigenvalue weighted by molar-refractivity contribution is 0.102.